The summed E-state index contributed by atoms with van der Waals surface area (Å²) in [6.07, 6.45) is 2.97. The lowest BCUT2D eigenvalue weighted by Gasteiger charge is -2.15. The summed E-state index contributed by atoms with van der Waals surface area (Å²) < 4.78 is 15.3. The first-order valence-corrected chi connectivity index (χ1v) is 10.1. The number of benzene rings is 1. The highest BCUT2D eigenvalue weighted by molar-refractivity contribution is 8.00. The predicted octanol–water partition coefficient (Wildman–Crippen LogP) is 3.00. The van der Waals surface area contributed by atoms with Crippen LogP contribution in [0.15, 0.2) is 39.5 Å². The minimum atomic E-state index is -0.203. The molecule has 1 atom stereocenters. The minimum Gasteiger partial charge on any atom is -0.297 e. The molecule has 25 heavy (non-hydrogen) atoms. The summed E-state index contributed by atoms with van der Waals surface area (Å²) in [7, 11) is 0. The van der Waals surface area contributed by atoms with Crippen molar-refractivity contribution in [1.29, 1.82) is 0 Å². The van der Waals surface area contributed by atoms with E-state index in [0.717, 1.165) is 29.5 Å². The molecule has 3 aromatic rings. The second-order valence-corrected chi connectivity index (χ2v) is 8.13. The van der Waals surface area contributed by atoms with E-state index in [1.54, 1.807) is 6.07 Å². The highest BCUT2D eigenvalue weighted by Crippen LogP contribution is 2.28. The van der Waals surface area contributed by atoms with Gasteiger partial charge in [-0.3, -0.25) is 9.69 Å². The maximum absolute atomic E-state index is 13.1. The van der Waals surface area contributed by atoms with E-state index in [-0.39, 0.29) is 11.4 Å². The van der Waals surface area contributed by atoms with E-state index in [0.29, 0.717) is 17.4 Å². The van der Waals surface area contributed by atoms with E-state index in [2.05, 4.69) is 15.0 Å². The monoisotopic (exact) mass is 376 g/mol. The molecule has 130 valence electrons. The summed E-state index contributed by atoms with van der Waals surface area (Å²) in [5, 5.41) is 4.24. The van der Waals surface area contributed by atoms with E-state index in [9.17, 15) is 9.18 Å². The Balaban J connectivity index is 1.50. The standard InChI is InChI=1S/C17H17FN4OS2/c1-24-17-20-22-15(23)8-14(19-16(22)25-17)10-21-7-6-12(9-21)11-2-4-13(18)5-3-11/h2-5,8,12H,6-7,9-10H2,1H3. The second kappa shape index (κ2) is 6.86. The van der Waals surface area contributed by atoms with Crippen LogP contribution in [0.5, 0.6) is 0 Å². The van der Waals surface area contributed by atoms with Gasteiger partial charge in [-0.15, -0.1) is 5.10 Å². The van der Waals surface area contributed by atoms with Crippen molar-refractivity contribution in [2.45, 2.75) is 23.2 Å². The van der Waals surface area contributed by atoms with E-state index < -0.39 is 0 Å². The van der Waals surface area contributed by atoms with E-state index >= 15 is 0 Å². The molecule has 4 rings (SSSR count). The lowest BCUT2D eigenvalue weighted by molar-refractivity contribution is 0.322. The molecule has 1 aliphatic heterocycles. The molecule has 0 bridgehead atoms. The van der Waals surface area contributed by atoms with Gasteiger partial charge in [0.25, 0.3) is 5.56 Å². The summed E-state index contributed by atoms with van der Waals surface area (Å²) in [5.41, 5.74) is 1.81. The van der Waals surface area contributed by atoms with Gasteiger partial charge in [0.2, 0.25) is 4.96 Å². The molecule has 8 heteroatoms. The van der Waals surface area contributed by atoms with Gasteiger partial charge in [0, 0.05) is 19.2 Å². The van der Waals surface area contributed by atoms with Crippen LogP contribution in [-0.4, -0.2) is 38.8 Å². The van der Waals surface area contributed by atoms with Crippen LogP contribution in [0, 0.1) is 5.82 Å². The Morgan fingerprint density at radius 3 is 2.92 bits per heavy atom. The molecular formula is C17H17FN4OS2. The molecule has 0 aliphatic carbocycles. The highest BCUT2D eigenvalue weighted by atomic mass is 32.2. The summed E-state index contributed by atoms with van der Waals surface area (Å²) in [5.74, 6) is 0.197. The Hall–Kier alpha value is -1.77. The number of aromatic nitrogens is 3. The number of rotatable bonds is 4. The van der Waals surface area contributed by atoms with Gasteiger partial charge in [-0.05, 0) is 42.8 Å². The van der Waals surface area contributed by atoms with Gasteiger partial charge in [0.1, 0.15) is 5.82 Å². The molecule has 1 unspecified atom stereocenters. The fourth-order valence-electron chi connectivity index (χ4n) is 3.21. The van der Waals surface area contributed by atoms with Crippen molar-refractivity contribution < 1.29 is 4.39 Å². The molecule has 1 fully saturated rings. The van der Waals surface area contributed by atoms with Crippen LogP contribution < -0.4 is 5.56 Å². The third kappa shape index (κ3) is 3.47. The second-order valence-electron chi connectivity index (χ2n) is 6.12. The Morgan fingerprint density at radius 2 is 2.16 bits per heavy atom. The number of hydrogen-bond acceptors (Lipinski definition) is 6. The number of hydrogen-bond donors (Lipinski definition) is 0. The average Bonchev–Trinajstić information content (AvgIpc) is 3.22. The van der Waals surface area contributed by atoms with Crippen LogP contribution in [0.1, 0.15) is 23.6 Å². The number of thioether (sulfide) groups is 1. The number of fused-ring (bicyclic) bond motifs is 1. The molecule has 1 aromatic carbocycles. The van der Waals surface area contributed by atoms with Crippen molar-refractivity contribution in [3.05, 3.63) is 57.8 Å². The highest BCUT2D eigenvalue weighted by Gasteiger charge is 2.24. The lowest BCUT2D eigenvalue weighted by atomic mass is 9.99. The van der Waals surface area contributed by atoms with Crippen molar-refractivity contribution >= 4 is 28.1 Å². The quantitative estimate of drug-likeness (QED) is 0.655. The lowest BCUT2D eigenvalue weighted by Crippen LogP contribution is -2.23. The third-order valence-electron chi connectivity index (χ3n) is 4.45. The minimum absolute atomic E-state index is 0.133. The smallest absolute Gasteiger partial charge is 0.275 e. The molecule has 2 aromatic heterocycles. The van der Waals surface area contributed by atoms with E-state index in [1.165, 1.54) is 45.3 Å². The largest absolute Gasteiger partial charge is 0.297 e. The molecule has 0 radical (unpaired) electrons. The van der Waals surface area contributed by atoms with Crippen molar-refractivity contribution in [3.63, 3.8) is 0 Å². The maximum atomic E-state index is 13.1. The molecule has 0 saturated carbocycles. The van der Waals surface area contributed by atoms with E-state index in [4.69, 9.17) is 0 Å². The molecule has 0 N–H and O–H groups in total. The Bertz CT molecular complexity index is 953. The van der Waals surface area contributed by atoms with Crippen LogP contribution in [0.25, 0.3) is 4.96 Å². The number of likely N-dealkylation sites (tertiary alicyclic amines) is 1. The topological polar surface area (TPSA) is 50.5 Å². The van der Waals surface area contributed by atoms with Crippen molar-refractivity contribution in [2.24, 2.45) is 0 Å². The van der Waals surface area contributed by atoms with Crippen LogP contribution in [0.2, 0.25) is 0 Å². The first-order valence-electron chi connectivity index (χ1n) is 8.04. The van der Waals surface area contributed by atoms with Gasteiger partial charge in [-0.1, -0.05) is 35.2 Å². The van der Waals surface area contributed by atoms with Gasteiger partial charge in [-0.25, -0.2) is 9.37 Å². The average molecular weight is 376 g/mol. The summed E-state index contributed by atoms with van der Waals surface area (Å²) in [6, 6.07) is 8.33. The van der Waals surface area contributed by atoms with E-state index in [1.807, 2.05) is 18.4 Å². The first kappa shape index (κ1) is 16.7. The third-order valence-corrected chi connectivity index (χ3v) is 6.34. The van der Waals surface area contributed by atoms with Gasteiger partial charge < -0.3 is 0 Å². The van der Waals surface area contributed by atoms with Crippen LogP contribution in [-0.2, 0) is 6.54 Å². The molecule has 1 aliphatic rings. The predicted molar refractivity (Wildman–Crippen MR) is 98.0 cm³/mol. The van der Waals surface area contributed by atoms with Crippen molar-refractivity contribution in [1.82, 2.24) is 19.5 Å². The normalized spacial score (nSPS) is 18.2. The summed E-state index contributed by atoms with van der Waals surface area (Å²) in [4.78, 5) is 19.8. The fraction of sp³-hybridized carbons (Fsp3) is 0.353. The number of halogens is 1. The molecule has 5 nitrogen and oxygen atoms in total. The summed E-state index contributed by atoms with van der Waals surface area (Å²) >= 11 is 2.94. The zero-order chi connectivity index (χ0) is 17.4. The van der Waals surface area contributed by atoms with Gasteiger partial charge in [0.15, 0.2) is 4.34 Å². The number of nitrogens with zero attached hydrogens (tertiary/aromatic N) is 4. The first-order chi connectivity index (χ1) is 12.1. The van der Waals surface area contributed by atoms with Gasteiger partial charge >= 0.3 is 0 Å². The van der Waals surface area contributed by atoms with Crippen LogP contribution in [0.4, 0.5) is 4.39 Å². The van der Waals surface area contributed by atoms with Crippen LogP contribution >= 0.6 is 23.1 Å². The SMILES string of the molecule is CSc1nn2c(=O)cc(CN3CCC(c4ccc(F)cc4)C3)nc2s1. The maximum Gasteiger partial charge on any atom is 0.275 e. The molecular weight excluding hydrogens is 359 g/mol. The molecule has 0 spiro atoms. The Labute approximate surface area is 152 Å². The van der Waals surface area contributed by atoms with Crippen molar-refractivity contribution in [2.75, 3.05) is 19.3 Å². The van der Waals surface area contributed by atoms with Gasteiger partial charge in [-0.2, -0.15) is 4.52 Å². The fourth-order valence-corrected chi connectivity index (χ4v) is 4.59. The Morgan fingerprint density at radius 1 is 1.36 bits per heavy atom. The molecule has 1 saturated heterocycles. The molecule has 3 heterocycles. The zero-order valence-electron chi connectivity index (χ0n) is 13.7. The van der Waals surface area contributed by atoms with Crippen LogP contribution in [0.3, 0.4) is 0 Å². The zero-order valence-corrected chi connectivity index (χ0v) is 15.3. The summed E-state index contributed by atoms with van der Waals surface area (Å²) in [6.45, 7) is 2.49. The Kier molecular flexibility index (Phi) is 4.58. The molecule has 0 amide bonds. The van der Waals surface area contributed by atoms with Crippen molar-refractivity contribution in [3.8, 4) is 0 Å². The van der Waals surface area contributed by atoms with Gasteiger partial charge in [0.05, 0.1) is 5.69 Å².